The molecule has 8 heteroatoms. The van der Waals surface area contributed by atoms with Crippen LogP contribution in [0.25, 0.3) is 0 Å². The van der Waals surface area contributed by atoms with E-state index in [9.17, 15) is 22.0 Å². The van der Waals surface area contributed by atoms with Crippen LogP contribution in [0.15, 0.2) is 47.4 Å². The number of carbonyl (C=O) groups excluding carboxylic acids is 1. The minimum absolute atomic E-state index is 0.0276. The van der Waals surface area contributed by atoms with Gasteiger partial charge in [0.2, 0.25) is 10.0 Å². The zero-order chi connectivity index (χ0) is 17.9. The average Bonchev–Trinajstić information content (AvgIpc) is 2.56. The van der Waals surface area contributed by atoms with E-state index in [0.29, 0.717) is 11.6 Å². The Hall–Kier alpha value is -2.32. The summed E-state index contributed by atoms with van der Waals surface area (Å²) in [6.07, 6.45) is 0. The molecule has 0 atom stereocenters. The number of amides is 1. The van der Waals surface area contributed by atoms with Crippen molar-refractivity contribution in [2.75, 3.05) is 14.1 Å². The van der Waals surface area contributed by atoms with Crippen molar-refractivity contribution in [3.63, 3.8) is 0 Å². The van der Waals surface area contributed by atoms with Crippen LogP contribution in [-0.2, 0) is 16.6 Å². The summed E-state index contributed by atoms with van der Waals surface area (Å²) in [5.74, 6) is -1.88. The van der Waals surface area contributed by atoms with Gasteiger partial charge in [-0.15, -0.1) is 0 Å². The van der Waals surface area contributed by atoms with E-state index in [1.54, 1.807) is 0 Å². The van der Waals surface area contributed by atoms with Crippen molar-refractivity contribution in [3.05, 3.63) is 65.2 Å². The molecular formula is C16H16F2N2O3S. The van der Waals surface area contributed by atoms with Crippen LogP contribution in [-0.4, -0.2) is 32.7 Å². The first-order chi connectivity index (χ1) is 11.3. The Bertz CT molecular complexity index is 852. The van der Waals surface area contributed by atoms with Crippen molar-refractivity contribution < 1.29 is 22.0 Å². The zero-order valence-corrected chi connectivity index (χ0v) is 13.9. The molecule has 2 aromatic carbocycles. The maximum absolute atomic E-state index is 13.7. The number of nitrogens with one attached hydrogen (secondary N) is 1. The van der Waals surface area contributed by atoms with E-state index in [-0.39, 0.29) is 22.9 Å². The summed E-state index contributed by atoms with van der Waals surface area (Å²) in [6, 6.07) is 8.35. The quantitative estimate of drug-likeness (QED) is 0.895. The Balaban J connectivity index is 2.24. The van der Waals surface area contributed by atoms with Crippen molar-refractivity contribution in [1.29, 1.82) is 0 Å². The Morgan fingerprint density at radius 2 is 1.75 bits per heavy atom. The summed E-state index contributed by atoms with van der Waals surface area (Å²) in [4.78, 5) is 11.4. The van der Waals surface area contributed by atoms with Gasteiger partial charge in [0.1, 0.15) is 11.6 Å². The third-order valence-electron chi connectivity index (χ3n) is 3.46. The van der Waals surface area contributed by atoms with Crippen LogP contribution in [0.2, 0.25) is 0 Å². The zero-order valence-electron chi connectivity index (χ0n) is 13.1. The van der Waals surface area contributed by atoms with Crippen LogP contribution in [0.3, 0.4) is 0 Å². The number of halogens is 2. The highest BCUT2D eigenvalue weighted by atomic mass is 32.2. The second kappa shape index (κ2) is 7.06. The predicted octanol–water partition coefficient (Wildman–Crippen LogP) is 2.15. The highest BCUT2D eigenvalue weighted by Gasteiger charge is 2.22. The standard InChI is InChI=1S/C16H16F2N2O3S/c1-19-16(21)11-4-7-14(8-5-11)24(22,23)20(2)10-12-3-6-13(17)9-15(12)18/h3-9H,10H2,1-2H3,(H,19,21). The predicted molar refractivity (Wildman–Crippen MR) is 84.8 cm³/mol. The van der Waals surface area contributed by atoms with E-state index in [4.69, 9.17) is 0 Å². The van der Waals surface area contributed by atoms with Gasteiger partial charge in [-0.1, -0.05) is 6.07 Å². The molecule has 0 bridgehead atoms. The number of hydrogen-bond donors (Lipinski definition) is 1. The molecule has 0 heterocycles. The van der Waals surface area contributed by atoms with Crippen molar-refractivity contribution in [2.24, 2.45) is 0 Å². The van der Waals surface area contributed by atoms with Gasteiger partial charge in [-0.05, 0) is 30.3 Å². The van der Waals surface area contributed by atoms with Gasteiger partial charge in [0, 0.05) is 37.8 Å². The Morgan fingerprint density at radius 3 is 2.29 bits per heavy atom. The molecule has 0 saturated heterocycles. The first kappa shape index (κ1) is 18.0. The normalized spacial score (nSPS) is 11.5. The number of sulfonamides is 1. The third-order valence-corrected chi connectivity index (χ3v) is 5.28. The largest absolute Gasteiger partial charge is 0.355 e. The van der Waals surface area contributed by atoms with Gasteiger partial charge < -0.3 is 5.32 Å². The topological polar surface area (TPSA) is 66.5 Å². The lowest BCUT2D eigenvalue weighted by molar-refractivity contribution is 0.0963. The molecule has 0 unspecified atom stereocenters. The van der Waals surface area contributed by atoms with Gasteiger partial charge in [-0.3, -0.25) is 4.79 Å². The summed E-state index contributed by atoms with van der Waals surface area (Å²) in [6.45, 7) is -0.244. The molecule has 0 aliphatic heterocycles. The molecule has 0 aromatic heterocycles. The fourth-order valence-electron chi connectivity index (χ4n) is 2.08. The molecule has 2 aromatic rings. The van der Waals surface area contributed by atoms with Crippen LogP contribution in [0.1, 0.15) is 15.9 Å². The first-order valence-electron chi connectivity index (χ1n) is 6.98. The van der Waals surface area contributed by atoms with Gasteiger partial charge >= 0.3 is 0 Å². The van der Waals surface area contributed by atoms with Gasteiger partial charge in [-0.25, -0.2) is 17.2 Å². The van der Waals surface area contributed by atoms with Crippen LogP contribution < -0.4 is 5.32 Å². The van der Waals surface area contributed by atoms with Crippen molar-refractivity contribution in [2.45, 2.75) is 11.4 Å². The number of carbonyl (C=O) groups is 1. The summed E-state index contributed by atoms with van der Waals surface area (Å²) >= 11 is 0. The van der Waals surface area contributed by atoms with Gasteiger partial charge in [0.05, 0.1) is 4.90 Å². The van der Waals surface area contributed by atoms with Gasteiger partial charge in [0.15, 0.2) is 0 Å². The van der Waals surface area contributed by atoms with Gasteiger partial charge in [-0.2, -0.15) is 4.31 Å². The first-order valence-corrected chi connectivity index (χ1v) is 8.42. The van der Waals surface area contributed by atoms with E-state index in [2.05, 4.69) is 5.32 Å². The highest BCUT2D eigenvalue weighted by Crippen LogP contribution is 2.19. The van der Waals surface area contributed by atoms with E-state index in [1.165, 1.54) is 44.4 Å². The monoisotopic (exact) mass is 354 g/mol. The molecular weight excluding hydrogens is 338 g/mol. The summed E-state index contributed by atoms with van der Waals surface area (Å²) in [5.41, 5.74) is 0.383. The van der Waals surface area contributed by atoms with Gasteiger partial charge in [0.25, 0.3) is 5.91 Å². The van der Waals surface area contributed by atoms with Crippen molar-refractivity contribution in [3.8, 4) is 0 Å². The average molecular weight is 354 g/mol. The summed E-state index contributed by atoms with van der Waals surface area (Å²) in [7, 11) is -1.11. The lowest BCUT2D eigenvalue weighted by atomic mass is 10.2. The Morgan fingerprint density at radius 1 is 1.12 bits per heavy atom. The lowest BCUT2D eigenvalue weighted by Crippen LogP contribution is -2.27. The van der Waals surface area contributed by atoms with E-state index < -0.39 is 21.7 Å². The molecule has 0 radical (unpaired) electrons. The van der Waals surface area contributed by atoms with E-state index >= 15 is 0 Å². The fourth-order valence-corrected chi connectivity index (χ4v) is 3.23. The second-order valence-electron chi connectivity index (χ2n) is 5.10. The molecule has 128 valence electrons. The minimum Gasteiger partial charge on any atom is -0.355 e. The maximum Gasteiger partial charge on any atom is 0.251 e. The fraction of sp³-hybridized carbons (Fsp3) is 0.188. The minimum atomic E-state index is -3.87. The number of rotatable bonds is 5. The van der Waals surface area contributed by atoms with Crippen molar-refractivity contribution in [1.82, 2.24) is 9.62 Å². The highest BCUT2D eigenvalue weighted by molar-refractivity contribution is 7.89. The molecule has 0 aliphatic rings. The lowest BCUT2D eigenvalue weighted by Gasteiger charge is -2.18. The number of benzene rings is 2. The molecule has 0 aliphatic carbocycles. The van der Waals surface area contributed by atoms with Crippen molar-refractivity contribution >= 4 is 15.9 Å². The molecule has 24 heavy (non-hydrogen) atoms. The maximum atomic E-state index is 13.7. The SMILES string of the molecule is CNC(=O)c1ccc(S(=O)(=O)N(C)Cc2ccc(F)cc2F)cc1. The number of nitrogens with zero attached hydrogens (tertiary/aromatic N) is 1. The molecule has 2 rings (SSSR count). The summed E-state index contributed by atoms with van der Waals surface area (Å²) < 4.78 is 52.5. The van der Waals surface area contributed by atoms with E-state index in [0.717, 1.165) is 10.4 Å². The molecule has 0 spiro atoms. The van der Waals surface area contributed by atoms with Crippen LogP contribution in [0.5, 0.6) is 0 Å². The molecule has 0 saturated carbocycles. The third kappa shape index (κ3) is 3.77. The molecule has 1 N–H and O–H groups in total. The smallest absolute Gasteiger partial charge is 0.251 e. The molecule has 1 amide bonds. The Labute approximate surface area is 139 Å². The van der Waals surface area contributed by atoms with E-state index in [1.807, 2.05) is 0 Å². The second-order valence-corrected chi connectivity index (χ2v) is 7.15. The van der Waals surface area contributed by atoms with Crippen LogP contribution in [0, 0.1) is 11.6 Å². The Kier molecular flexibility index (Phi) is 5.30. The molecule has 5 nitrogen and oxygen atoms in total. The summed E-state index contributed by atoms with van der Waals surface area (Å²) in [5, 5.41) is 2.43. The van der Waals surface area contributed by atoms with Crippen LogP contribution >= 0.6 is 0 Å². The van der Waals surface area contributed by atoms with Crippen LogP contribution in [0.4, 0.5) is 8.78 Å². The number of hydrogen-bond acceptors (Lipinski definition) is 3. The molecule has 0 fully saturated rings.